The maximum absolute atomic E-state index is 5.81. The van der Waals surface area contributed by atoms with Gasteiger partial charge in [0, 0.05) is 17.5 Å². The van der Waals surface area contributed by atoms with Gasteiger partial charge < -0.3 is 0 Å². The fourth-order valence-corrected chi connectivity index (χ4v) is 3.10. The van der Waals surface area contributed by atoms with Crippen LogP contribution in [-0.2, 0) is 4.84 Å². The Kier molecular flexibility index (Phi) is 0.961. The Hall–Kier alpha value is -0.0800. The van der Waals surface area contributed by atoms with Crippen LogP contribution in [0.4, 0.5) is 0 Å². The summed E-state index contributed by atoms with van der Waals surface area (Å²) >= 11 is 0. The van der Waals surface area contributed by atoms with Crippen LogP contribution in [0.25, 0.3) is 0 Å². The third-order valence-corrected chi connectivity index (χ3v) is 4.11. The van der Waals surface area contributed by atoms with E-state index < -0.39 is 0 Å². The summed E-state index contributed by atoms with van der Waals surface area (Å²) in [5.41, 5.74) is 0.396. The third-order valence-electron chi connectivity index (χ3n) is 4.11. The lowest BCUT2D eigenvalue weighted by atomic mass is 9.82. The summed E-state index contributed by atoms with van der Waals surface area (Å²) in [7, 11) is 0. The number of hydrogen-bond donors (Lipinski definition) is 0. The Labute approximate surface area is 67.5 Å². The first-order valence-corrected chi connectivity index (χ1v) is 4.68. The molecule has 3 saturated heterocycles. The minimum Gasteiger partial charge on any atom is -0.294 e. The highest BCUT2D eigenvalue weighted by Gasteiger charge is 2.61. The first-order valence-electron chi connectivity index (χ1n) is 4.68. The third kappa shape index (κ3) is 0.541. The van der Waals surface area contributed by atoms with Gasteiger partial charge >= 0.3 is 0 Å². The first kappa shape index (κ1) is 6.44. The molecule has 2 nitrogen and oxygen atoms in total. The van der Waals surface area contributed by atoms with Crippen LogP contribution >= 0.6 is 0 Å². The summed E-state index contributed by atoms with van der Waals surface area (Å²) in [4.78, 5) is 5.81. The Morgan fingerprint density at radius 2 is 2.36 bits per heavy atom. The smallest absolute Gasteiger partial charge is 0.0853 e. The van der Waals surface area contributed by atoms with Gasteiger partial charge in [-0.1, -0.05) is 6.92 Å². The molecule has 0 aliphatic carbocycles. The zero-order chi connectivity index (χ0) is 7.64. The van der Waals surface area contributed by atoms with Gasteiger partial charge in [0.05, 0.1) is 6.10 Å². The Bertz CT molecular complexity index is 206. The molecule has 4 unspecified atom stereocenters. The minimum atomic E-state index is 0.396. The van der Waals surface area contributed by atoms with Crippen LogP contribution in [-0.4, -0.2) is 22.7 Å². The van der Waals surface area contributed by atoms with Crippen LogP contribution < -0.4 is 0 Å². The second-order valence-electron chi connectivity index (χ2n) is 4.54. The van der Waals surface area contributed by atoms with Crippen LogP contribution in [0.3, 0.4) is 0 Å². The first-order chi connectivity index (χ1) is 5.22. The average Bonchev–Trinajstić information content (AvgIpc) is 2.53. The second kappa shape index (κ2) is 1.64. The molecule has 3 aliphatic heterocycles. The molecular weight excluding hydrogens is 138 g/mol. The van der Waals surface area contributed by atoms with Gasteiger partial charge in [-0.15, -0.1) is 0 Å². The van der Waals surface area contributed by atoms with Gasteiger partial charge in [-0.25, -0.2) is 0 Å². The topological polar surface area (TPSA) is 12.5 Å². The molecule has 2 bridgehead atoms. The van der Waals surface area contributed by atoms with E-state index in [1.807, 2.05) is 0 Å². The number of nitrogens with zero attached hydrogens (tertiary/aromatic N) is 1. The van der Waals surface area contributed by atoms with Crippen LogP contribution in [0.15, 0.2) is 0 Å². The predicted molar refractivity (Wildman–Crippen MR) is 41.9 cm³/mol. The molecule has 0 amide bonds. The molecule has 11 heavy (non-hydrogen) atoms. The quantitative estimate of drug-likeness (QED) is 0.523. The van der Waals surface area contributed by atoms with E-state index in [1.165, 1.54) is 19.3 Å². The molecule has 3 fully saturated rings. The van der Waals surface area contributed by atoms with Gasteiger partial charge in [-0.2, -0.15) is 5.06 Å². The maximum Gasteiger partial charge on any atom is 0.0853 e. The number of fused-ring (bicyclic) bond motifs is 1. The number of hydroxylamine groups is 2. The van der Waals surface area contributed by atoms with E-state index in [4.69, 9.17) is 4.84 Å². The number of piperidine rings is 1. The molecule has 0 saturated carbocycles. The van der Waals surface area contributed by atoms with E-state index in [1.54, 1.807) is 0 Å². The summed E-state index contributed by atoms with van der Waals surface area (Å²) in [6, 6.07) is 0.765. The molecular formula is C9H15NO. The SMILES string of the molecule is CC1C2CC3CCC1(C)N3O2. The largest absolute Gasteiger partial charge is 0.294 e. The van der Waals surface area contributed by atoms with E-state index in [9.17, 15) is 0 Å². The van der Waals surface area contributed by atoms with Gasteiger partial charge in [-0.05, 0) is 26.2 Å². The predicted octanol–water partition coefficient (Wildman–Crippen LogP) is 1.56. The summed E-state index contributed by atoms with van der Waals surface area (Å²) in [5.74, 6) is 0.751. The Morgan fingerprint density at radius 1 is 1.55 bits per heavy atom. The fraction of sp³-hybridized carbons (Fsp3) is 1.00. The molecule has 0 N–H and O–H groups in total. The van der Waals surface area contributed by atoms with Crippen LogP contribution in [0.2, 0.25) is 0 Å². The molecule has 4 atom stereocenters. The van der Waals surface area contributed by atoms with E-state index >= 15 is 0 Å². The van der Waals surface area contributed by atoms with E-state index in [-0.39, 0.29) is 0 Å². The number of hydrogen-bond acceptors (Lipinski definition) is 2. The lowest BCUT2D eigenvalue weighted by molar-refractivity contribution is -0.140. The van der Waals surface area contributed by atoms with E-state index in [0.29, 0.717) is 11.6 Å². The summed E-state index contributed by atoms with van der Waals surface area (Å²) < 4.78 is 0. The van der Waals surface area contributed by atoms with Gasteiger partial charge in [0.25, 0.3) is 0 Å². The molecule has 2 heteroatoms. The molecule has 0 radical (unpaired) electrons. The zero-order valence-electron chi connectivity index (χ0n) is 7.21. The molecule has 0 aromatic heterocycles. The summed E-state index contributed by atoms with van der Waals surface area (Å²) in [6.07, 6.45) is 4.54. The summed E-state index contributed by atoms with van der Waals surface area (Å²) in [6.45, 7) is 4.70. The van der Waals surface area contributed by atoms with E-state index in [0.717, 1.165) is 12.0 Å². The molecule has 3 rings (SSSR count). The molecule has 62 valence electrons. The highest BCUT2D eigenvalue weighted by molar-refractivity contribution is 5.09. The van der Waals surface area contributed by atoms with Crippen molar-refractivity contribution < 1.29 is 4.84 Å². The molecule has 3 aliphatic rings. The highest BCUT2D eigenvalue weighted by atomic mass is 16.7. The van der Waals surface area contributed by atoms with Crippen LogP contribution in [0, 0.1) is 5.92 Å². The van der Waals surface area contributed by atoms with Gasteiger partial charge in [-0.3, -0.25) is 4.84 Å². The lowest BCUT2D eigenvalue weighted by Crippen LogP contribution is -2.44. The van der Waals surface area contributed by atoms with Gasteiger partial charge in [0.1, 0.15) is 0 Å². The van der Waals surface area contributed by atoms with Crippen LogP contribution in [0.5, 0.6) is 0 Å². The van der Waals surface area contributed by atoms with E-state index in [2.05, 4.69) is 18.9 Å². The van der Waals surface area contributed by atoms with Gasteiger partial charge in [0.2, 0.25) is 0 Å². The lowest BCUT2D eigenvalue weighted by Gasteiger charge is -2.33. The molecule has 0 spiro atoms. The van der Waals surface area contributed by atoms with Crippen molar-refractivity contribution in [2.75, 3.05) is 0 Å². The second-order valence-corrected chi connectivity index (χ2v) is 4.54. The Morgan fingerprint density at radius 3 is 3.00 bits per heavy atom. The van der Waals surface area contributed by atoms with Crippen molar-refractivity contribution in [1.29, 1.82) is 0 Å². The normalized spacial score (nSPS) is 61.1. The van der Waals surface area contributed by atoms with Crippen molar-refractivity contribution >= 4 is 0 Å². The summed E-state index contributed by atoms with van der Waals surface area (Å²) in [5, 5.41) is 2.29. The highest BCUT2D eigenvalue weighted by Crippen LogP contribution is 2.54. The van der Waals surface area contributed by atoms with Crippen LogP contribution in [0.1, 0.15) is 33.1 Å². The maximum atomic E-state index is 5.81. The average molecular weight is 153 g/mol. The minimum absolute atomic E-state index is 0.396. The molecule has 3 heterocycles. The van der Waals surface area contributed by atoms with Gasteiger partial charge in [0.15, 0.2) is 0 Å². The van der Waals surface area contributed by atoms with Crippen molar-refractivity contribution in [3.8, 4) is 0 Å². The van der Waals surface area contributed by atoms with Crippen molar-refractivity contribution in [2.45, 2.75) is 50.8 Å². The zero-order valence-corrected chi connectivity index (χ0v) is 7.21. The fourth-order valence-electron chi connectivity index (χ4n) is 3.10. The van der Waals surface area contributed by atoms with Crippen molar-refractivity contribution in [1.82, 2.24) is 5.06 Å². The van der Waals surface area contributed by atoms with Crippen molar-refractivity contribution in [2.24, 2.45) is 5.92 Å². The van der Waals surface area contributed by atoms with Crippen molar-refractivity contribution in [3.05, 3.63) is 0 Å². The molecule has 0 aromatic rings. The van der Waals surface area contributed by atoms with Crippen molar-refractivity contribution in [3.63, 3.8) is 0 Å². The number of rotatable bonds is 0. The monoisotopic (exact) mass is 153 g/mol. The Balaban J connectivity index is 2.07. The molecule has 0 aromatic carbocycles. The standard InChI is InChI=1S/C9H15NO/c1-6-8-5-7-3-4-9(6,2)10(7)11-8/h6-8H,3-5H2,1-2H3.